The van der Waals surface area contributed by atoms with Crippen LogP contribution in [0.5, 0.6) is 0 Å². The van der Waals surface area contributed by atoms with Crippen LogP contribution in [0.15, 0.2) is 30.5 Å². The van der Waals surface area contributed by atoms with Crippen LogP contribution in [0.4, 0.5) is 5.82 Å². The van der Waals surface area contributed by atoms with Gasteiger partial charge in [0, 0.05) is 51.0 Å². The maximum atomic E-state index is 13.4. The number of anilines is 1. The number of aryl methyl sites for hydroxylation is 1. The lowest BCUT2D eigenvalue weighted by molar-refractivity contribution is 0.0697. The van der Waals surface area contributed by atoms with E-state index in [9.17, 15) is 4.79 Å². The van der Waals surface area contributed by atoms with E-state index in [1.807, 2.05) is 17.0 Å². The summed E-state index contributed by atoms with van der Waals surface area (Å²) in [5.41, 5.74) is 2.82. The van der Waals surface area contributed by atoms with Gasteiger partial charge in [-0.2, -0.15) is 0 Å². The Kier molecular flexibility index (Phi) is 6.32. The molecule has 30 heavy (non-hydrogen) atoms. The molecule has 0 saturated carbocycles. The van der Waals surface area contributed by atoms with Crippen molar-refractivity contribution in [3.05, 3.63) is 41.6 Å². The summed E-state index contributed by atoms with van der Waals surface area (Å²) in [6.45, 7) is 13.0. The van der Waals surface area contributed by atoms with E-state index in [1.165, 1.54) is 5.56 Å². The molecule has 0 unspecified atom stereocenters. The second-order valence-electron chi connectivity index (χ2n) is 8.70. The molecule has 160 valence electrons. The topological polar surface area (TPSA) is 52.6 Å². The van der Waals surface area contributed by atoms with Crippen LogP contribution >= 0.6 is 0 Å². The predicted octanol–water partition coefficient (Wildman–Crippen LogP) is 3.47. The number of aromatic nitrogens is 2. The number of benzene rings is 1. The van der Waals surface area contributed by atoms with Crippen LogP contribution in [0.3, 0.4) is 0 Å². The third kappa shape index (κ3) is 4.48. The molecule has 0 spiro atoms. The molecule has 6 nitrogen and oxygen atoms in total. The molecule has 1 aromatic heterocycles. The van der Waals surface area contributed by atoms with Crippen LogP contribution in [0.2, 0.25) is 0 Å². The third-order valence-corrected chi connectivity index (χ3v) is 6.47. The average molecular weight is 408 g/mol. The van der Waals surface area contributed by atoms with E-state index in [0.717, 1.165) is 70.0 Å². The van der Waals surface area contributed by atoms with Gasteiger partial charge in [-0.05, 0) is 38.3 Å². The van der Waals surface area contributed by atoms with Crippen LogP contribution in [-0.2, 0) is 0 Å². The normalized spacial score (nSPS) is 18.6. The summed E-state index contributed by atoms with van der Waals surface area (Å²) in [6, 6.07) is 8.24. The fourth-order valence-corrected chi connectivity index (χ4v) is 4.35. The molecule has 2 aliphatic rings. The Morgan fingerprint density at radius 3 is 2.50 bits per heavy atom. The van der Waals surface area contributed by atoms with Crippen molar-refractivity contribution >= 4 is 11.7 Å². The van der Waals surface area contributed by atoms with Crippen molar-refractivity contribution in [2.45, 2.75) is 33.6 Å². The molecule has 1 aromatic carbocycles. The second-order valence-corrected chi connectivity index (χ2v) is 8.70. The summed E-state index contributed by atoms with van der Waals surface area (Å²) < 4.78 is 0. The van der Waals surface area contributed by atoms with Crippen molar-refractivity contribution in [3.63, 3.8) is 0 Å². The van der Waals surface area contributed by atoms with Crippen molar-refractivity contribution in [2.24, 2.45) is 5.92 Å². The zero-order chi connectivity index (χ0) is 21.1. The molecule has 0 radical (unpaired) electrons. The Labute approximate surface area is 179 Å². The fraction of sp³-hybridized carbons (Fsp3) is 0.542. The number of nitrogens with zero attached hydrogens (tertiary/aromatic N) is 5. The Morgan fingerprint density at radius 2 is 1.83 bits per heavy atom. The van der Waals surface area contributed by atoms with E-state index < -0.39 is 0 Å². The first kappa shape index (κ1) is 20.8. The lowest BCUT2D eigenvalue weighted by atomic mass is 9.99. The standard InChI is InChI=1S/C24H33N5O/c1-4-27-12-14-28(15-13-27)23-21(24(30)29-10-8-18(2)9-11-29)17-25-22(26-23)20-7-5-6-19(3)16-20/h5-7,16-18H,4,8-15H2,1-3H3. The smallest absolute Gasteiger partial charge is 0.259 e. The number of piperazine rings is 1. The van der Waals surface area contributed by atoms with E-state index in [4.69, 9.17) is 4.98 Å². The van der Waals surface area contributed by atoms with E-state index >= 15 is 0 Å². The molecule has 0 aliphatic carbocycles. The fourth-order valence-electron chi connectivity index (χ4n) is 4.35. The van der Waals surface area contributed by atoms with E-state index in [1.54, 1.807) is 6.20 Å². The van der Waals surface area contributed by atoms with Crippen molar-refractivity contribution in [3.8, 4) is 11.4 Å². The molecule has 2 fully saturated rings. The maximum absolute atomic E-state index is 13.4. The van der Waals surface area contributed by atoms with Gasteiger partial charge in [-0.3, -0.25) is 4.79 Å². The minimum Gasteiger partial charge on any atom is -0.353 e. The Hall–Kier alpha value is -2.47. The number of carbonyl (C=O) groups excluding carboxylic acids is 1. The van der Waals surface area contributed by atoms with Gasteiger partial charge in [-0.15, -0.1) is 0 Å². The van der Waals surface area contributed by atoms with Gasteiger partial charge in [0.15, 0.2) is 5.82 Å². The van der Waals surface area contributed by atoms with Gasteiger partial charge in [-0.1, -0.05) is 37.6 Å². The van der Waals surface area contributed by atoms with Crippen LogP contribution in [0.1, 0.15) is 42.6 Å². The first-order valence-corrected chi connectivity index (χ1v) is 11.3. The predicted molar refractivity (Wildman–Crippen MR) is 121 cm³/mol. The van der Waals surface area contributed by atoms with Crippen LogP contribution in [-0.4, -0.2) is 71.5 Å². The molecular formula is C24H33N5O. The first-order valence-electron chi connectivity index (χ1n) is 11.3. The number of amides is 1. The SMILES string of the molecule is CCN1CCN(c2nc(-c3cccc(C)c3)ncc2C(=O)N2CCC(C)CC2)CC1. The number of piperidine rings is 1. The van der Waals surface area contributed by atoms with Gasteiger partial charge < -0.3 is 14.7 Å². The van der Waals surface area contributed by atoms with Crippen molar-refractivity contribution in [2.75, 3.05) is 50.7 Å². The molecule has 0 atom stereocenters. The number of hydrogen-bond acceptors (Lipinski definition) is 5. The average Bonchev–Trinajstić information content (AvgIpc) is 2.79. The highest BCUT2D eigenvalue weighted by molar-refractivity contribution is 5.99. The monoisotopic (exact) mass is 407 g/mol. The highest BCUT2D eigenvalue weighted by atomic mass is 16.2. The molecule has 3 heterocycles. The van der Waals surface area contributed by atoms with Crippen LogP contribution < -0.4 is 4.90 Å². The zero-order valence-corrected chi connectivity index (χ0v) is 18.5. The van der Waals surface area contributed by atoms with Crippen molar-refractivity contribution in [1.29, 1.82) is 0 Å². The van der Waals surface area contributed by atoms with E-state index in [-0.39, 0.29) is 5.91 Å². The molecule has 2 aliphatic heterocycles. The van der Waals surface area contributed by atoms with Crippen molar-refractivity contribution < 1.29 is 4.79 Å². The molecule has 4 rings (SSSR count). The van der Waals surface area contributed by atoms with Crippen LogP contribution in [0, 0.1) is 12.8 Å². The molecule has 2 saturated heterocycles. The number of likely N-dealkylation sites (N-methyl/N-ethyl adjacent to an activating group) is 1. The molecule has 6 heteroatoms. The Morgan fingerprint density at radius 1 is 1.10 bits per heavy atom. The van der Waals surface area contributed by atoms with Gasteiger partial charge in [0.05, 0.1) is 0 Å². The molecule has 1 amide bonds. The summed E-state index contributed by atoms with van der Waals surface area (Å²) in [4.78, 5) is 29.6. The molecule has 2 aromatic rings. The van der Waals surface area contributed by atoms with Crippen molar-refractivity contribution in [1.82, 2.24) is 19.8 Å². The van der Waals surface area contributed by atoms with Gasteiger partial charge in [0.2, 0.25) is 0 Å². The largest absolute Gasteiger partial charge is 0.353 e. The number of likely N-dealkylation sites (tertiary alicyclic amines) is 1. The Bertz CT molecular complexity index is 883. The summed E-state index contributed by atoms with van der Waals surface area (Å²) in [7, 11) is 0. The first-order chi connectivity index (χ1) is 14.5. The quantitative estimate of drug-likeness (QED) is 0.777. The molecule has 0 N–H and O–H groups in total. The highest BCUT2D eigenvalue weighted by Gasteiger charge is 2.28. The molecule has 0 bridgehead atoms. The minimum atomic E-state index is 0.0746. The lowest BCUT2D eigenvalue weighted by Crippen LogP contribution is -2.47. The minimum absolute atomic E-state index is 0.0746. The second kappa shape index (κ2) is 9.13. The summed E-state index contributed by atoms with van der Waals surface area (Å²) >= 11 is 0. The summed E-state index contributed by atoms with van der Waals surface area (Å²) in [6.07, 6.45) is 3.89. The van der Waals surface area contributed by atoms with Gasteiger partial charge in [0.25, 0.3) is 5.91 Å². The third-order valence-electron chi connectivity index (χ3n) is 6.47. The summed E-state index contributed by atoms with van der Waals surface area (Å²) in [5, 5.41) is 0. The van der Waals surface area contributed by atoms with Gasteiger partial charge in [-0.25, -0.2) is 9.97 Å². The highest BCUT2D eigenvalue weighted by Crippen LogP contribution is 2.27. The van der Waals surface area contributed by atoms with Gasteiger partial charge in [0.1, 0.15) is 11.4 Å². The molecular weight excluding hydrogens is 374 g/mol. The zero-order valence-electron chi connectivity index (χ0n) is 18.5. The number of carbonyl (C=O) groups is 1. The lowest BCUT2D eigenvalue weighted by Gasteiger charge is -2.36. The Balaban J connectivity index is 1.67. The maximum Gasteiger partial charge on any atom is 0.259 e. The van der Waals surface area contributed by atoms with E-state index in [2.05, 4.69) is 47.7 Å². The van der Waals surface area contributed by atoms with Gasteiger partial charge >= 0.3 is 0 Å². The number of hydrogen-bond donors (Lipinski definition) is 0. The van der Waals surface area contributed by atoms with Crippen LogP contribution in [0.25, 0.3) is 11.4 Å². The summed E-state index contributed by atoms with van der Waals surface area (Å²) in [5.74, 6) is 2.25. The number of rotatable bonds is 4. The van der Waals surface area contributed by atoms with E-state index in [0.29, 0.717) is 17.3 Å².